The van der Waals surface area contributed by atoms with E-state index >= 15 is 0 Å². The number of hydrogen-bond acceptors (Lipinski definition) is 5. The van der Waals surface area contributed by atoms with Gasteiger partial charge in [-0.05, 0) is 18.4 Å². The molecule has 0 atom stereocenters. The Kier molecular flexibility index (Phi) is 4.06. The molecule has 0 aromatic carbocycles. The van der Waals surface area contributed by atoms with Crippen molar-refractivity contribution in [3.63, 3.8) is 0 Å². The van der Waals surface area contributed by atoms with E-state index in [2.05, 4.69) is 10.1 Å². The molecular formula is C15H16N4O2S. The average molecular weight is 316 g/mol. The van der Waals surface area contributed by atoms with Crippen LogP contribution < -0.4 is 0 Å². The molecule has 0 aliphatic carbocycles. The van der Waals surface area contributed by atoms with Crippen molar-refractivity contribution in [3.8, 4) is 10.6 Å². The summed E-state index contributed by atoms with van der Waals surface area (Å²) in [6.45, 7) is 2.80. The Morgan fingerprint density at radius 2 is 2.32 bits per heavy atom. The molecule has 3 heterocycles. The largest absolute Gasteiger partial charge is 0.460 e. The standard InChI is InChI=1S/C15H16N4O2S/c1-11-16-5-6-19(11)7-8-21-15(20)12-10-18(2)17-14(12)13-4-3-9-22-13/h3-6,9-10H,7-8H2,1-2H3. The Hall–Kier alpha value is -2.41. The Balaban J connectivity index is 1.69. The SMILES string of the molecule is Cc1nccn1CCOC(=O)c1cn(C)nc1-c1cccs1. The normalized spacial score (nSPS) is 10.8. The van der Waals surface area contributed by atoms with E-state index in [4.69, 9.17) is 4.74 Å². The second kappa shape index (κ2) is 6.15. The van der Waals surface area contributed by atoms with Crippen LogP contribution in [0, 0.1) is 6.92 Å². The molecule has 3 aromatic heterocycles. The highest BCUT2D eigenvalue weighted by atomic mass is 32.1. The summed E-state index contributed by atoms with van der Waals surface area (Å²) in [5.74, 6) is 0.547. The zero-order valence-electron chi connectivity index (χ0n) is 12.4. The fraction of sp³-hybridized carbons (Fsp3) is 0.267. The number of imidazole rings is 1. The van der Waals surface area contributed by atoms with Crippen LogP contribution >= 0.6 is 11.3 Å². The van der Waals surface area contributed by atoms with Crippen molar-refractivity contribution in [3.05, 3.63) is 47.5 Å². The van der Waals surface area contributed by atoms with Gasteiger partial charge in [0.05, 0.1) is 11.4 Å². The van der Waals surface area contributed by atoms with Crippen LogP contribution in [0.5, 0.6) is 0 Å². The maximum Gasteiger partial charge on any atom is 0.342 e. The zero-order valence-corrected chi connectivity index (χ0v) is 13.2. The van der Waals surface area contributed by atoms with Gasteiger partial charge in [-0.25, -0.2) is 9.78 Å². The number of hydrogen-bond donors (Lipinski definition) is 0. The molecule has 114 valence electrons. The van der Waals surface area contributed by atoms with Crippen LogP contribution in [0.15, 0.2) is 36.1 Å². The van der Waals surface area contributed by atoms with Crippen LogP contribution in [-0.2, 0) is 18.3 Å². The lowest BCUT2D eigenvalue weighted by molar-refractivity contribution is 0.0491. The van der Waals surface area contributed by atoms with Gasteiger partial charge in [0.15, 0.2) is 0 Å². The smallest absolute Gasteiger partial charge is 0.342 e. The van der Waals surface area contributed by atoms with E-state index in [-0.39, 0.29) is 5.97 Å². The van der Waals surface area contributed by atoms with Gasteiger partial charge in [0.2, 0.25) is 0 Å². The van der Waals surface area contributed by atoms with Crippen molar-refractivity contribution >= 4 is 17.3 Å². The predicted octanol–water partition coefficient (Wildman–Crippen LogP) is 2.51. The first-order valence-electron chi connectivity index (χ1n) is 6.87. The average Bonchev–Trinajstić information content (AvgIpc) is 3.20. The van der Waals surface area contributed by atoms with E-state index < -0.39 is 0 Å². The van der Waals surface area contributed by atoms with Crippen molar-refractivity contribution in [1.82, 2.24) is 19.3 Å². The fourth-order valence-electron chi connectivity index (χ4n) is 2.19. The lowest BCUT2D eigenvalue weighted by Gasteiger charge is -2.06. The molecule has 0 saturated heterocycles. The minimum atomic E-state index is -0.353. The van der Waals surface area contributed by atoms with Crippen molar-refractivity contribution in [2.45, 2.75) is 13.5 Å². The summed E-state index contributed by atoms with van der Waals surface area (Å²) in [5.41, 5.74) is 1.16. The quantitative estimate of drug-likeness (QED) is 0.679. The maximum absolute atomic E-state index is 12.3. The van der Waals surface area contributed by atoms with Crippen LogP contribution in [0.4, 0.5) is 0 Å². The number of esters is 1. The Morgan fingerprint density at radius 1 is 1.45 bits per heavy atom. The summed E-state index contributed by atoms with van der Waals surface area (Å²) >= 11 is 1.55. The van der Waals surface area contributed by atoms with Gasteiger partial charge < -0.3 is 9.30 Å². The fourth-order valence-corrected chi connectivity index (χ4v) is 2.91. The lowest BCUT2D eigenvalue weighted by Crippen LogP contribution is -2.12. The topological polar surface area (TPSA) is 61.9 Å². The summed E-state index contributed by atoms with van der Waals surface area (Å²) in [6, 6.07) is 3.88. The molecule has 0 unspecified atom stereocenters. The highest BCUT2D eigenvalue weighted by molar-refractivity contribution is 7.13. The molecule has 6 nitrogen and oxygen atoms in total. The van der Waals surface area contributed by atoms with E-state index in [1.807, 2.05) is 35.2 Å². The number of carbonyl (C=O) groups is 1. The summed E-state index contributed by atoms with van der Waals surface area (Å²) in [6.07, 6.45) is 5.29. The molecule has 3 rings (SSSR count). The molecular weight excluding hydrogens is 300 g/mol. The van der Waals surface area contributed by atoms with Crippen LogP contribution in [-0.4, -0.2) is 31.9 Å². The van der Waals surface area contributed by atoms with Gasteiger partial charge in [-0.1, -0.05) is 6.07 Å². The predicted molar refractivity (Wildman–Crippen MR) is 83.8 cm³/mol. The number of rotatable bonds is 5. The monoisotopic (exact) mass is 316 g/mol. The zero-order chi connectivity index (χ0) is 15.5. The van der Waals surface area contributed by atoms with Crippen LogP contribution in [0.3, 0.4) is 0 Å². The van der Waals surface area contributed by atoms with Gasteiger partial charge >= 0.3 is 5.97 Å². The first kappa shape index (κ1) is 14.5. The summed E-state index contributed by atoms with van der Waals surface area (Å²) in [5, 5.41) is 6.32. The molecule has 0 aliphatic heterocycles. The van der Waals surface area contributed by atoms with Crippen molar-refractivity contribution in [2.75, 3.05) is 6.61 Å². The van der Waals surface area contributed by atoms with Gasteiger partial charge in [0.1, 0.15) is 23.7 Å². The lowest BCUT2D eigenvalue weighted by atomic mass is 10.2. The van der Waals surface area contributed by atoms with Crippen molar-refractivity contribution < 1.29 is 9.53 Å². The number of aryl methyl sites for hydroxylation is 2. The van der Waals surface area contributed by atoms with Gasteiger partial charge in [-0.15, -0.1) is 11.3 Å². The minimum absolute atomic E-state index is 0.300. The third-order valence-electron chi connectivity index (χ3n) is 3.29. The molecule has 7 heteroatoms. The Labute approximate surface area is 132 Å². The molecule has 0 aliphatic rings. The minimum Gasteiger partial charge on any atom is -0.460 e. The number of nitrogens with zero attached hydrogens (tertiary/aromatic N) is 4. The molecule has 0 amide bonds. The van der Waals surface area contributed by atoms with E-state index in [0.29, 0.717) is 24.4 Å². The molecule has 3 aromatic rings. The maximum atomic E-state index is 12.3. The summed E-state index contributed by atoms with van der Waals surface area (Å²) < 4.78 is 8.94. The van der Waals surface area contributed by atoms with Crippen LogP contribution in [0.1, 0.15) is 16.2 Å². The van der Waals surface area contributed by atoms with Crippen molar-refractivity contribution in [2.24, 2.45) is 7.05 Å². The van der Waals surface area contributed by atoms with Crippen LogP contribution in [0.2, 0.25) is 0 Å². The van der Waals surface area contributed by atoms with Gasteiger partial charge in [0.25, 0.3) is 0 Å². The Bertz CT molecular complexity index is 773. The van der Waals surface area contributed by atoms with Gasteiger partial charge in [0, 0.05) is 25.6 Å². The number of ether oxygens (including phenoxy) is 1. The number of aromatic nitrogens is 4. The molecule has 0 bridgehead atoms. The second-order valence-electron chi connectivity index (χ2n) is 4.85. The van der Waals surface area contributed by atoms with E-state index in [1.165, 1.54) is 0 Å². The summed E-state index contributed by atoms with van der Waals surface area (Å²) in [7, 11) is 1.79. The molecule has 0 saturated carbocycles. The van der Waals surface area contributed by atoms with E-state index in [1.54, 1.807) is 35.5 Å². The molecule has 0 N–H and O–H groups in total. The Morgan fingerprint density at radius 3 is 3.00 bits per heavy atom. The third kappa shape index (κ3) is 2.94. The summed E-state index contributed by atoms with van der Waals surface area (Å²) in [4.78, 5) is 17.4. The van der Waals surface area contributed by atoms with Gasteiger partial charge in [-0.2, -0.15) is 5.10 Å². The van der Waals surface area contributed by atoms with E-state index in [0.717, 1.165) is 10.7 Å². The van der Waals surface area contributed by atoms with Gasteiger partial charge in [-0.3, -0.25) is 4.68 Å². The number of carbonyl (C=O) groups excluding carboxylic acids is 1. The first-order valence-corrected chi connectivity index (χ1v) is 7.75. The van der Waals surface area contributed by atoms with Crippen LogP contribution in [0.25, 0.3) is 10.6 Å². The molecule has 22 heavy (non-hydrogen) atoms. The highest BCUT2D eigenvalue weighted by Crippen LogP contribution is 2.26. The molecule has 0 radical (unpaired) electrons. The molecule has 0 fully saturated rings. The molecule has 0 spiro atoms. The van der Waals surface area contributed by atoms with E-state index in [9.17, 15) is 4.79 Å². The number of thiophene rings is 1. The third-order valence-corrected chi connectivity index (χ3v) is 4.17. The second-order valence-corrected chi connectivity index (χ2v) is 5.79. The first-order chi connectivity index (χ1) is 10.6. The highest BCUT2D eigenvalue weighted by Gasteiger charge is 2.19. The van der Waals surface area contributed by atoms with Crippen molar-refractivity contribution in [1.29, 1.82) is 0 Å².